The van der Waals surface area contributed by atoms with Crippen LogP contribution in [0.4, 0.5) is 0 Å². The molecule has 0 N–H and O–H groups in total. The van der Waals surface area contributed by atoms with Gasteiger partial charge in [0.25, 0.3) is 0 Å². The smallest absolute Gasteiger partial charge is 0.0644 e. The van der Waals surface area contributed by atoms with Crippen LogP contribution in [0.25, 0.3) is 0 Å². The summed E-state index contributed by atoms with van der Waals surface area (Å²) in [6.45, 7) is 6.21. The topological polar surface area (TPSA) is 38.1 Å². The second-order valence-corrected chi connectivity index (χ2v) is 7.84. The lowest BCUT2D eigenvalue weighted by Crippen LogP contribution is -2.28. The number of hydrogen-bond acceptors (Lipinski definition) is 3. The van der Waals surface area contributed by atoms with Gasteiger partial charge in [0, 0.05) is 41.5 Å². The average Bonchev–Trinajstić information content (AvgIpc) is 3.10. The van der Waals surface area contributed by atoms with Gasteiger partial charge in [-0.3, -0.25) is 13.8 Å². The quantitative estimate of drug-likeness (QED) is 0.845. The zero-order chi connectivity index (χ0) is 16.4. The number of rotatable bonds is 5. The molecule has 0 amide bonds. The average molecular weight is 331 g/mol. The first-order chi connectivity index (χ1) is 11.1. The largest absolute Gasteiger partial charge is 0.295 e. The summed E-state index contributed by atoms with van der Waals surface area (Å²) in [5.74, 6) is 0.693. The van der Waals surface area contributed by atoms with Crippen molar-refractivity contribution in [3.8, 4) is 0 Å². The highest BCUT2D eigenvalue weighted by molar-refractivity contribution is 7.85. The summed E-state index contributed by atoms with van der Waals surface area (Å²) in [7, 11) is 1.09. The lowest BCUT2D eigenvalue weighted by Gasteiger charge is -2.25. The summed E-state index contributed by atoms with van der Waals surface area (Å²) in [6.07, 6.45) is 2.38. The van der Waals surface area contributed by atoms with Gasteiger partial charge in [0.1, 0.15) is 0 Å². The molecule has 1 aromatic carbocycles. The van der Waals surface area contributed by atoms with E-state index in [2.05, 4.69) is 23.8 Å². The van der Waals surface area contributed by atoms with E-state index in [-0.39, 0.29) is 0 Å². The molecule has 1 saturated heterocycles. The Morgan fingerprint density at radius 1 is 1.26 bits per heavy atom. The molecule has 5 heteroatoms. The molecule has 2 aromatic rings. The van der Waals surface area contributed by atoms with Gasteiger partial charge in [-0.05, 0) is 45.4 Å². The van der Waals surface area contributed by atoms with Crippen LogP contribution in [0, 0.1) is 13.8 Å². The fraction of sp³-hybridized carbons (Fsp3) is 0.500. The van der Waals surface area contributed by atoms with E-state index in [0.717, 1.165) is 23.7 Å². The maximum atomic E-state index is 12.5. The van der Waals surface area contributed by atoms with Crippen LogP contribution < -0.4 is 0 Å². The highest BCUT2D eigenvalue weighted by atomic mass is 32.2. The van der Waals surface area contributed by atoms with Crippen molar-refractivity contribution in [3.63, 3.8) is 0 Å². The van der Waals surface area contributed by atoms with E-state index in [9.17, 15) is 4.21 Å². The molecule has 4 nitrogen and oxygen atoms in total. The van der Waals surface area contributed by atoms with E-state index >= 15 is 0 Å². The third-order valence-electron chi connectivity index (χ3n) is 4.83. The lowest BCUT2D eigenvalue weighted by molar-refractivity contribution is 0.271. The molecule has 0 unspecified atom stereocenters. The molecule has 1 aromatic heterocycles. The van der Waals surface area contributed by atoms with Gasteiger partial charge in [-0.2, -0.15) is 5.10 Å². The molecule has 0 bridgehead atoms. The minimum atomic E-state index is -0.919. The van der Waals surface area contributed by atoms with Gasteiger partial charge in [-0.15, -0.1) is 0 Å². The highest BCUT2D eigenvalue weighted by Crippen LogP contribution is 2.35. The van der Waals surface area contributed by atoms with E-state index in [0.29, 0.717) is 11.8 Å². The third kappa shape index (κ3) is 3.40. The Kier molecular flexibility index (Phi) is 4.97. The highest BCUT2D eigenvalue weighted by Gasteiger charge is 2.30. The van der Waals surface area contributed by atoms with Crippen molar-refractivity contribution in [1.29, 1.82) is 0 Å². The fourth-order valence-electron chi connectivity index (χ4n) is 3.58. The zero-order valence-electron chi connectivity index (χ0n) is 14.2. The maximum absolute atomic E-state index is 12.5. The second kappa shape index (κ2) is 6.97. The molecular formula is C18H25N3OS. The summed E-state index contributed by atoms with van der Waals surface area (Å²) < 4.78 is 14.4. The Morgan fingerprint density at radius 3 is 2.65 bits per heavy atom. The van der Waals surface area contributed by atoms with Crippen LogP contribution in [0.3, 0.4) is 0 Å². The van der Waals surface area contributed by atoms with Gasteiger partial charge in [0.05, 0.1) is 16.5 Å². The number of aryl methyl sites for hydroxylation is 2. The Hall–Kier alpha value is -1.46. The van der Waals surface area contributed by atoms with Crippen LogP contribution in [0.15, 0.2) is 35.2 Å². The van der Waals surface area contributed by atoms with Crippen molar-refractivity contribution in [2.75, 3.05) is 18.8 Å². The standard InChI is InChI=1S/C18H25N3OS/c1-14-18(15(2)20(3)19-14)17-10-7-11-21(17)12-13-23(22)16-8-5-4-6-9-16/h4-6,8-9,17H,7,10-13H2,1-3H3/t17-,23+/m0/s1. The minimum Gasteiger partial charge on any atom is -0.295 e. The monoisotopic (exact) mass is 331 g/mol. The van der Waals surface area contributed by atoms with Crippen LogP contribution in [0.2, 0.25) is 0 Å². The molecule has 2 atom stereocenters. The van der Waals surface area contributed by atoms with Crippen LogP contribution in [0.1, 0.15) is 35.8 Å². The molecular weight excluding hydrogens is 306 g/mol. The van der Waals surface area contributed by atoms with Gasteiger partial charge < -0.3 is 0 Å². The van der Waals surface area contributed by atoms with Crippen LogP contribution >= 0.6 is 0 Å². The van der Waals surface area contributed by atoms with Gasteiger partial charge in [-0.25, -0.2) is 0 Å². The Balaban J connectivity index is 1.69. The lowest BCUT2D eigenvalue weighted by atomic mass is 10.0. The van der Waals surface area contributed by atoms with Crippen molar-refractivity contribution in [2.45, 2.75) is 37.6 Å². The molecule has 1 aliphatic rings. The maximum Gasteiger partial charge on any atom is 0.0644 e. The third-order valence-corrected chi connectivity index (χ3v) is 6.18. The van der Waals surface area contributed by atoms with Gasteiger partial charge in [0.2, 0.25) is 0 Å². The van der Waals surface area contributed by atoms with E-state index in [4.69, 9.17) is 0 Å². The summed E-state index contributed by atoms with van der Waals surface area (Å²) in [5.41, 5.74) is 3.75. The van der Waals surface area contributed by atoms with E-state index < -0.39 is 10.8 Å². The molecule has 23 heavy (non-hydrogen) atoms. The van der Waals surface area contributed by atoms with Crippen molar-refractivity contribution < 1.29 is 4.21 Å². The van der Waals surface area contributed by atoms with Crippen molar-refractivity contribution >= 4 is 10.8 Å². The zero-order valence-corrected chi connectivity index (χ0v) is 15.0. The van der Waals surface area contributed by atoms with Crippen LogP contribution in [-0.2, 0) is 17.8 Å². The molecule has 0 saturated carbocycles. The molecule has 0 spiro atoms. The van der Waals surface area contributed by atoms with Gasteiger partial charge in [-0.1, -0.05) is 18.2 Å². The predicted molar refractivity (Wildman–Crippen MR) is 93.9 cm³/mol. The Morgan fingerprint density at radius 2 is 2.00 bits per heavy atom. The SMILES string of the molecule is Cc1nn(C)c(C)c1[C@@H]1CCCN1CC[S@@](=O)c1ccccc1. The Labute approximate surface area is 141 Å². The summed E-state index contributed by atoms with van der Waals surface area (Å²) in [5, 5.41) is 4.56. The first-order valence-corrected chi connectivity index (χ1v) is 9.57. The number of aromatic nitrogens is 2. The first kappa shape index (κ1) is 16.4. The van der Waals surface area contributed by atoms with Gasteiger partial charge in [0.15, 0.2) is 0 Å². The van der Waals surface area contributed by atoms with E-state index in [1.807, 2.05) is 42.1 Å². The molecule has 0 radical (unpaired) electrons. The van der Waals surface area contributed by atoms with Gasteiger partial charge >= 0.3 is 0 Å². The predicted octanol–water partition coefficient (Wildman–Crippen LogP) is 2.98. The number of benzene rings is 1. The summed E-state index contributed by atoms with van der Waals surface area (Å²) in [4.78, 5) is 3.41. The molecule has 0 aliphatic carbocycles. The number of likely N-dealkylation sites (tertiary alicyclic amines) is 1. The molecule has 1 fully saturated rings. The molecule has 3 rings (SSSR count). The first-order valence-electron chi connectivity index (χ1n) is 8.25. The normalized spacial score (nSPS) is 20.0. The molecule has 1 aliphatic heterocycles. The van der Waals surface area contributed by atoms with Crippen molar-refractivity contribution in [3.05, 3.63) is 47.3 Å². The second-order valence-electron chi connectivity index (χ2n) is 6.26. The summed E-state index contributed by atoms with van der Waals surface area (Å²) >= 11 is 0. The van der Waals surface area contributed by atoms with Crippen molar-refractivity contribution in [2.24, 2.45) is 7.05 Å². The summed E-state index contributed by atoms with van der Waals surface area (Å²) in [6, 6.07) is 10.2. The van der Waals surface area contributed by atoms with Crippen molar-refractivity contribution in [1.82, 2.24) is 14.7 Å². The molecule has 2 heterocycles. The van der Waals surface area contributed by atoms with E-state index in [1.54, 1.807) is 0 Å². The van der Waals surface area contributed by atoms with E-state index in [1.165, 1.54) is 24.1 Å². The molecule has 124 valence electrons. The number of hydrogen-bond donors (Lipinski definition) is 0. The van der Waals surface area contributed by atoms with Crippen LogP contribution in [0.5, 0.6) is 0 Å². The number of nitrogens with zero attached hydrogens (tertiary/aromatic N) is 3. The van der Waals surface area contributed by atoms with Crippen LogP contribution in [-0.4, -0.2) is 37.7 Å². The fourth-order valence-corrected chi connectivity index (χ4v) is 4.68. The Bertz CT molecular complexity index is 696. The minimum absolute atomic E-state index is 0.427.